The number of nitrogens with zero attached hydrogens (tertiary/aromatic N) is 1. The second kappa shape index (κ2) is 10.1. The summed E-state index contributed by atoms with van der Waals surface area (Å²) in [5.74, 6) is 0.623. The van der Waals surface area contributed by atoms with Gasteiger partial charge in [0.05, 0.1) is 18.4 Å². The zero-order valence-electron chi connectivity index (χ0n) is 17.6. The van der Waals surface area contributed by atoms with Gasteiger partial charge < -0.3 is 10.1 Å². The molecule has 0 spiro atoms. The molecule has 2 aromatic rings. The van der Waals surface area contributed by atoms with Crippen LogP contribution in [0.2, 0.25) is 0 Å². The number of amides is 1. The monoisotopic (exact) mass is 430 g/mol. The van der Waals surface area contributed by atoms with Crippen molar-refractivity contribution in [2.45, 2.75) is 38.5 Å². The maximum atomic E-state index is 12.7. The highest BCUT2D eigenvalue weighted by Gasteiger charge is 2.31. The fourth-order valence-electron chi connectivity index (χ4n) is 3.71. The van der Waals surface area contributed by atoms with E-state index in [0.29, 0.717) is 32.5 Å². The number of nitrogens with one attached hydrogen (secondary N) is 1. The van der Waals surface area contributed by atoms with Gasteiger partial charge in [0.15, 0.2) is 0 Å². The highest BCUT2D eigenvalue weighted by atomic mass is 32.2. The Labute approximate surface area is 179 Å². The zero-order chi connectivity index (χ0) is 21.6. The second-order valence-electron chi connectivity index (χ2n) is 7.65. The summed E-state index contributed by atoms with van der Waals surface area (Å²) in [5.41, 5.74) is 1.79. The molecule has 3 rings (SSSR count). The van der Waals surface area contributed by atoms with Gasteiger partial charge in [-0.25, -0.2) is 12.7 Å². The van der Waals surface area contributed by atoms with E-state index in [1.54, 1.807) is 0 Å². The van der Waals surface area contributed by atoms with E-state index in [4.69, 9.17) is 4.74 Å². The smallest absolute Gasteiger partial charge is 0.223 e. The first-order valence-electron chi connectivity index (χ1n) is 10.4. The molecule has 1 heterocycles. The van der Waals surface area contributed by atoms with E-state index in [-0.39, 0.29) is 23.6 Å². The van der Waals surface area contributed by atoms with Crippen molar-refractivity contribution in [2.24, 2.45) is 5.92 Å². The van der Waals surface area contributed by atoms with Crippen molar-refractivity contribution in [1.82, 2.24) is 9.62 Å². The Morgan fingerprint density at radius 1 is 1.10 bits per heavy atom. The highest BCUT2D eigenvalue weighted by Crippen LogP contribution is 2.24. The number of benzene rings is 2. The fourth-order valence-corrected chi connectivity index (χ4v) is 5.27. The average molecular weight is 431 g/mol. The molecule has 0 bridgehead atoms. The first kappa shape index (κ1) is 22.3. The first-order chi connectivity index (χ1) is 14.4. The maximum absolute atomic E-state index is 12.7. The molecule has 1 amide bonds. The molecule has 0 unspecified atom stereocenters. The minimum absolute atomic E-state index is 0.000518. The SMILES string of the molecule is CCOc1ccc([C@@H](C)NC(=O)C2CCN(S(=O)(=O)Cc3ccccc3)CC2)cc1. The molecular formula is C23H30N2O4S. The zero-order valence-corrected chi connectivity index (χ0v) is 18.4. The molecule has 6 nitrogen and oxygen atoms in total. The largest absolute Gasteiger partial charge is 0.494 e. The minimum Gasteiger partial charge on any atom is -0.494 e. The molecule has 7 heteroatoms. The van der Waals surface area contributed by atoms with E-state index in [0.717, 1.165) is 16.9 Å². The first-order valence-corrected chi connectivity index (χ1v) is 12.0. The lowest BCUT2D eigenvalue weighted by molar-refractivity contribution is -0.126. The van der Waals surface area contributed by atoms with Gasteiger partial charge in [0.25, 0.3) is 0 Å². The lowest BCUT2D eigenvalue weighted by atomic mass is 9.96. The molecule has 0 saturated carbocycles. The van der Waals surface area contributed by atoms with Crippen molar-refractivity contribution >= 4 is 15.9 Å². The van der Waals surface area contributed by atoms with Crippen LogP contribution in [0.5, 0.6) is 5.75 Å². The molecule has 30 heavy (non-hydrogen) atoms. The van der Waals surface area contributed by atoms with Crippen molar-refractivity contribution < 1.29 is 17.9 Å². The van der Waals surface area contributed by atoms with Crippen LogP contribution in [-0.4, -0.2) is 38.3 Å². The number of hydrogen-bond acceptors (Lipinski definition) is 4. The van der Waals surface area contributed by atoms with E-state index in [2.05, 4.69) is 5.32 Å². The van der Waals surface area contributed by atoms with Gasteiger partial charge >= 0.3 is 0 Å². The number of hydrogen-bond donors (Lipinski definition) is 1. The number of carbonyl (C=O) groups excluding carboxylic acids is 1. The van der Waals surface area contributed by atoms with E-state index in [1.165, 1.54) is 4.31 Å². The van der Waals surface area contributed by atoms with Gasteiger partial charge in [0, 0.05) is 19.0 Å². The highest BCUT2D eigenvalue weighted by molar-refractivity contribution is 7.88. The number of carbonyl (C=O) groups is 1. The summed E-state index contributed by atoms with van der Waals surface area (Å²) in [6.07, 6.45) is 1.08. The minimum atomic E-state index is -3.37. The maximum Gasteiger partial charge on any atom is 0.223 e. The van der Waals surface area contributed by atoms with Crippen LogP contribution in [0.25, 0.3) is 0 Å². The predicted molar refractivity (Wildman–Crippen MR) is 118 cm³/mol. The van der Waals surface area contributed by atoms with Crippen LogP contribution >= 0.6 is 0 Å². The van der Waals surface area contributed by atoms with Crippen molar-refractivity contribution in [2.75, 3.05) is 19.7 Å². The van der Waals surface area contributed by atoms with Crippen LogP contribution in [0.1, 0.15) is 43.9 Å². The van der Waals surface area contributed by atoms with Crippen LogP contribution in [0, 0.1) is 5.92 Å². The van der Waals surface area contributed by atoms with Crippen LogP contribution in [0.15, 0.2) is 54.6 Å². The number of piperidine rings is 1. The molecule has 1 N–H and O–H groups in total. The van der Waals surface area contributed by atoms with Gasteiger partial charge in [0.1, 0.15) is 5.75 Å². The van der Waals surface area contributed by atoms with Gasteiger partial charge in [-0.3, -0.25) is 4.79 Å². The summed E-state index contributed by atoms with van der Waals surface area (Å²) in [6.45, 7) is 5.27. The molecule has 2 aromatic carbocycles. The summed E-state index contributed by atoms with van der Waals surface area (Å²) >= 11 is 0. The molecule has 1 aliphatic heterocycles. The Balaban J connectivity index is 1.51. The van der Waals surface area contributed by atoms with Crippen LogP contribution in [0.4, 0.5) is 0 Å². The Bertz CT molecular complexity index is 921. The van der Waals surface area contributed by atoms with Crippen LogP contribution in [-0.2, 0) is 20.6 Å². The van der Waals surface area contributed by atoms with Crippen LogP contribution in [0.3, 0.4) is 0 Å². The van der Waals surface area contributed by atoms with E-state index >= 15 is 0 Å². The lowest BCUT2D eigenvalue weighted by Crippen LogP contribution is -2.43. The van der Waals surface area contributed by atoms with E-state index in [1.807, 2.05) is 68.4 Å². The Kier molecular flexibility index (Phi) is 7.50. The third-order valence-corrected chi connectivity index (χ3v) is 7.31. The van der Waals surface area contributed by atoms with Gasteiger partial charge in [-0.2, -0.15) is 0 Å². The molecule has 1 saturated heterocycles. The molecule has 1 atom stereocenters. The Morgan fingerprint density at radius 2 is 1.73 bits per heavy atom. The van der Waals surface area contributed by atoms with E-state index in [9.17, 15) is 13.2 Å². The quantitative estimate of drug-likeness (QED) is 0.695. The molecule has 162 valence electrons. The Hall–Kier alpha value is -2.38. The molecule has 0 radical (unpaired) electrons. The summed E-state index contributed by atoms with van der Waals surface area (Å²) in [6, 6.07) is 16.8. The van der Waals surface area contributed by atoms with Gasteiger partial charge in [-0.1, -0.05) is 42.5 Å². The average Bonchev–Trinajstić information content (AvgIpc) is 2.75. The predicted octanol–water partition coefficient (Wildman–Crippen LogP) is 3.50. The number of ether oxygens (including phenoxy) is 1. The van der Waals surface area contributed by atoms with Crippen molar-refractivity contribution in [3.63, 3.8) is 0 Å². The van der Waals surface area contributed by atoms with Gasteiger partial charge in [0.2, 0.25) is 15.9 Å². The Morgan fingerprint density at radius 3 is 2.33 bits per heavy atom. The van der Waals surface area contributed by atoms with Crippen LogP contribution < -0.4 is 10.1 Å². The number of sulfonamides is 1. The normalized spacial score (nSPS) is 16.7. The van der Waals surface area contributed by atoms with Crippen molar-refractivity contribution in [3.05, 3.63) is 65.7 Å². The lowest BCUT2D eigenvalue weighted by Gasteiger charge is -2.31. The topological polar surface area (TPSA) is 75.7 Å². The second-order valence-corrected chi connectivity index (χ2v) is 9.62. The van der Waals surface area contributed by atoms with Gasteiger partial charge in [-0.15, -0.1) is 0 Å². The summed E-state index contributed by atoms with van der Waals surface area (Å²) < 4.78 is 32.3. The molecular weight excluding hydrogens is 400 g/mol. The van der Waals surface area contributed by atoms with E-state index < -0.39 is 10.0 Å². The molecule has 0 aromatic heterocycles. The van der Waals surface area contributed by atoms with Crippen molar-refractivity contribution in [1.29, 1.82) is 0 Å². The standard InChI is InChI=1S/C23H30N2O4S/c1-3-29-22-11-9-20(10-12-22)18(2)24-23(26)21-13-15-25(16-14-21)30(27,28)17-19-7-5-4-6-8-19/h4-12,18,21H,3,13-17H2,1-2H3,(H,24,26)/t18-/m1/s1. The molecule has 1 aliphatic rings. The number of rotatable bonds is 8. The summed E-state index contributed by atoms with van der Waals surface area (Å²) in [5, 5.41) is 3.06. The fraction of sp³-hybridized carbons (Fsp3) is 0.435. The third kappa shape index (κ3) is 5.83. The van der Waals surface area contributed by atoms with Gasteiger partial charge in [-0.05, 0) is 49.9 Å². The third-order valence-electron chi connectivity index (χ3n) is 5.46. The summed E-state index contributed by atoms with van der Waals surface area (Å²) in [4.78, 5) is 12.7. The molecule has 0 aliphatic carbocycles. The molecule has 1 fully saturated rings. The summed E-state index contributed by atoms with van der Waals surface area (Å²) in [7, 11) is -3.37. The van der Waals surface area contributed by atoms with Crippen molar-refractivity contribution in [3.8, 4) is 5.75 Å².